The SMILES string of the molecule is CCNC(CSc1ccccc1C)c1ccnn1C. The van der Waals surface area contributed by atoms with Crippen molar-refractivity contribution < 1.29 is 0 Å². The quantitative estimate of drug-likeness (QED) is 0.821. The summed E-state index contributed by atoms with van der Waals surface area (Å²) in [7, 11) is 2.00. The van der Waals surface area contributed by atoms with Crippen molar-refractivity contribution in [3.05, 3.63) is 47.8 Å². The van der Waals surface area contributed by atoms with Crippen LogP contribution in [0, 0.1) is 6.92 Å². The average Bonchev–Trinajstić information content (AvgIpc) is 2.82. The van der Waals surface area contributed by atoms with E-state index in [1.807, 2.05) is 29.7 Å². The Morgan fingerprint density at radius 2 is 2.11 bits per heavy atom. The van der Waals surface area contributed by atoms with E-state index in [2.05, 4.69) is 54.6 Å². The van der Waals surface area contributed by atoms with Crippen LogP contribution in [0.4, 0.5) is 0 Å². The molecule has 1 heterocycles. The molecule has 0 aliphatic carbocycles. The van der Waals surface area contributed by atoms with Gasteiger partial charge in [-0.2, -0.15) is 5.10 Å². The Bertz CT molecular complexity index is 522. The number of nitrogens with one attached hydrogen (secondary N) is 1. The highest BCUT2D eigenvalue weighted by molar-refractivity contribution is 7.99. The lowest BCUT2D eigenvalue weighted by molar-refractivity contribution is 0.552. The predicted octanol–water partition coefficient (Wildman–Crippen LogP) is 3.17. The van der Waals surface area contributed by atoms with Crippen LogP contribution in [0.2, 0.25) is 0 Å². The third kappa shape index (κ3) is 3.61. The number of rotatable bonds is 6. The van der Waals surface area contributed by atoms with E-state index in [9.17, 15) is 0 Å². The Hall–Kier alpha value is -1.26. The molecule has 0 fully saturated rings. The van der Waals surface area contributed by atoms with Crippen molar-refractivity contribution >= 4 is 11.8 Å². The van der Waals surface area contributed by atoms with E-state index in [-0.39, 0.29) is 0 Å². The van der Waals surface area contributed by atoms with Gasteiger partial charge in [-0.15, -0.1) is 11.8 Å². The summed E-state index contributed by atoms with van der Waals surface area (Å²) < 4.78 is 1.95. The Labute approximate surface area is 119 Å². The predicted molar refractivity (Wildman–Crippen MR) is 81.5 cm³/mol. The van der Waals surface area contributed by atoms with Crippen LogP contribution >= 0.6 is 11.8 Å². The number of thioether (sulfide) groups is 1. The molecule has 1 unspecified atom stereocenters. The lowest BCUT2D eigenvalue weighted by Gasteiger charge is -2.18. The molecule has 0 amide bonds. The zero-order valence-electron chi connectivity index (χ0n) is 11.8. The zero-order valence-corrected chi connectivity index (χ0v) is 12.6. The molecule has 2 aromatic rings. The van der Waals surface area contributed by atoms with Crippen LogP contribution in [0.5, 0.6) is 0 Å². The van der Waals surface area contributed by atoms with Crippen LogP contribution in [0.25, 0.3) is 0 Å². The van der Waals surface area contributed by atoms with Gasteiger partial charge >= 0.3 is 0 Å². The highest BCUT2D eigenvalue weighted by atomic mass is 32.2. The number of benzene rings is 1. The summed E-state index contributed by atoms with van der Waals surface area (Å²) in [6.45, 7) is 5.26. The Morgan fingerprint density at radius 3 is 2.74 bits per heavy atom. The summed E-state index contributed by atoms with van der Waals surface area (Å²) in [5, 5.41) is 7.79. The van der Waals surface area contributed by atoms with E-state index in [1.54, 1.807) is 0 Å². The molecule has 4 heteroatoms. The highest BCUT2D eigenvalue weighted by Gasteiger charge is 2.14. The minimum Gasteiger partial charge on any atom is -0.308 e. The molecule has 19 heavy (non-hydrogen) atoms. The zero-order chi connectivity index (χ0) is 13.7. The van der Waals surface area contributed by atoms with Crippen LogP contribution in [0.15, 0.2) is 41.4 Å². The Morgan fingerprint density at radius 1 is 1.32 bits per heavy atom. The van der Waals surface area contributed by atoms with E-state index in [0.29, 0.717) is 6.04 Å². The maximum absolute atomic E-state index is 4.26. The maximum atomic E-state index is 4.26. The van der Waals surface area contributed by atoms with E-state index in [4.69, 9.17) is 0 Å². The second-order valence-corrected chi connectivity index (χ2v) is 5.63. The van der Waals surface area contributed by atoms with Gasteiger partial charge in [-0.05, 0) is 31.2 Å². The molecule has 1 atom stereocenters. The molecule has 1 aromatic heterocycles. The van der Waals surface area contributed by atoms with Crippen LogP contribution in [-0.4, -0.2) is 22.1 Å². The largest absolute Gasteiger partial charge is 0.308 e. The molecule has 0 spiro atoms. The molecule has 1 N–H and O–H groups in total. The first-order valence-electron chi connectivity index (χ1n) is 6.62. The number of nitrogens with zero attached hydrogens (tertiary/aromatic N) is 2. The summed E-state index contributed by atoms with van der Waals surface area (Å²) in [5.41, 5.74) is 2.58. The second kappa shape index (κ2) is 6.78. The lowest BCUT2D eigenvalue weighted by atomic mass is 10.2. The fourth-order valence-corrected chi connectivity index (χ4v) is 3.22. The molecule has 3 nitrogen and oxygen atoms in total. The highest BCUT2D eigenvalue weighted by Crippen LogP contribution is 2.26. The van der Waals surface area contributed by atoms with Crippen LogP contribution in [0.3, 0.4) is 0 Å². The Balaban J connectivity index is 2.06. The van der Waals surface area contributed by atoms with Crippen molar-refractivity contribution in [2.45, 2.75) is 24.8 Å². The molecular formula is C15H21N3S. The minimum absolute atomic E-state index is 0.335. The molecule has 102 valence electrons. The molecule has 0 saturated heterocycles. The Kier molecular flexibility index (Phi) is 5.05. The molecule has 0 aliphatic heterocycles. The fourth-order valence-electron chi connectivity index (χ4n) is 2.11. The van der Waals surface area contributed by atoms with Gasteiger partial charge < -0.3 is 5.32 Å². The molecular weight excluding hydrogens is 254 g/mol. The van der Waals surface area contributed by atoms with Crippen LogP contribution in [0.1, 0.15) is 24.2 Å². The van der Waals surface area contributed by atoms with Crippen molar-refractivity contribution in [3.63, 3.8) is 0 Å². The topological polar surface area (TPSA) is 29.9 Å². The summed E-state index contributed by atoms with van der Waals surface area (Å²) in [5.74, 6) is 1.01. The standard InChI is InChI=1S/C15H21N3S/c1-4-16-13(14-9-10-17-18(14)3)11-19-15-8-6-5-7-12(15)2/h5-10,13,16H,4,11H2,1-3H3. The number of hydrogen-bond acceptors (Lipinski definition) is 3. The monoisotopic (exact) mass is 275 g/mol. The molecule has 1 aromatic carbocycles. The van der Waals surface area contributed by atoms with Crippen molar-refractivity contribution in [1.82, 2.24) is 15.1 Å². The van der Waals surface area contributed by atoms with Gasteiger partial charge in [0.25, 0.3) is 0 Å². The maximum Gasteiger partial charge on any atom is 0.0587 e. The first-order chi connectivity index (χ1) is 9.22. The smallest absolute Gasteiger partial charge is 0.0587 e. The second-order valence-electron chi connectivity index (χ2n) is 4.57. The van der Waals surface area contributed by atoms with Gasteiger partial charge in [-0.3, -0.25) is 4.68 Å². The third-order valence-corrected chi connectivity index (χ3v) is 4.43. The summed E-state index contributed by atoms with van der Waals surface area (Å²) in [4.78, 5) is 1.35. The van der Waals surface area contributed by atoms with E-state index in [0.717, 1.165) is 12.3 Å². The van der Waals surface area contributed by atoms with Crippen LogP contribution in [-0.2, 0) is 7.05 Å². The number of hydrogen-bond donors (Lipinski definition) is 1. The van der Waals surface area contributed by atoms with Crippen molar-refractivity contribution in [1.29, 1.82) is 0 Å². The van der Waals surface area contributed by atoms with E-state index >= 15 is 0 Å². The van der Waals surface area contributed by atoms with Gasteiger partial charge in [0.15, 0.2) is 0 Å². The lowest BCUT2D eigenvalue weighted by Crippen LogP contribution is -2.25. The molecule has 0 bridgehead atoms. The van der Waals surface area contributed by atoms with Gasteiger partial charge in [-0.25, -0.2) is 0 Å². The third-order valence-electron chi connectivity index (χ3n) is 3.17. The fraction of sp³-hybridized carbons (Fsp3) is 0.400. The van der Waals surface area contributed by atoms with Gasteiger partial charge in [0, 0.05) is 23.9 Å². The van der Waals surface area contributed by atoms with Gasteiger partial charge in [0.05, 0.1) is 11.7 Å². The minimum atomic E-state index is 0.335. The summed E-state index contributed by atoms with van der Waals surface area (Å²) in [6.07, 6.45) is 1.86. The first-order valence-corrected chi connectivity index (χ1v) is 7.60. The first kappa shape index (κ1) is 14.2. The number of aryl methyl sites for hydroxylation is 2. The van der Waals surface area contributed by atoms with Gasteiger partial charge in [0.1, 0.15) is 0 Å². The normalized spacial score (nSPS) is 12.6. The van der Waals surface area contributed by atoms with Gasteiger partial charge in [-0.1, -0.05) is 25.1 Å². The van der Waals surface area contributed by atoms with Gasteiger partial charge in [0.2, 0.25) is 0 Å². The van der Waals surface area contributed by atoms with E-state index < -0.39 is 0 Å². The molecule has 2 rings (SSSR count). The van der Waals surface area contributed by atoms with Crippen molar-refractivity contribution in [3.8, 4) is 0 Å². The summed E-state index contributed by atoms with van der Waals surface area (Å²) >= 11 is 1.90. The van der Waals surface area contributed by atoms with E-state index in [1.165, 1.54) is 16.2 Å². The van der Waals surface area contributed by atoms with Crippen molar-refractivity contribution in [2.75, 3.05) is 12.3 Å². The molecule has 0 saturated carbocycles. The number of aromatic nitrogens is 2. The average molecular weight is 275 g/mol. The van der Waals surface area contributed by atoms with Crippen molar-refractivity contribution in [2.24, 2.45) is 7.05 Å². The van der Waals surface area contributed by atoms with Crippen LogP contribution < -0.4 is 5.32 Å². The molecule has 0 radical (unpaired) electrons. The molecule has 0 aliphatic rings. The summed E-state index contributed by atoms with van der Waals surface area (Å²) in [6, 6.07) is 11.0.